The molecule has 1 aromatic rings. The number of hydrogen-bond acceptors (Lipinski definition) is 3. The zero-order chi connectivity index (χ0) is 18.1. The molecule has 3 N–H and O–H groups in total. The lowest BCUT2D eigenvalue weighted by Gasteiger charge is -2.29. The van der Waals surface area contributed by atoms with Crippen molar-refractivity contribution in [1.29, 1.82) is 0 Å². The van der Waals surface area contributed by atoms with Gasteiger partial charge in [-0.15, -0.1) is 0 Å². The number of carboxylic acid groups (broad SMARTS) is 1. The van der Waals surface area contributed by atoms with Gasteiger partial charge >= 0.3 is 5.97 Å². The standard InChI is InChI=1S/C19H26N2O4/c22-16(21-19(18(24)25)12-6-1-2-7-13-19)11-8-14-20-17(23)15-9-4-3-5-10-15/h3-5,9-10H,1-2,6-8,11-14H2,(H,20,23)(H,21,22)(H,24,25). The second kappa shape index (κ2) is 9.20. The molecule has 2 amide bonds. The van der Waals surface area contributed by atoms with E-state index in [1.807, 2.05) is 6.07 Å². The first-order chi connectivity index (χ1) is 12.0. The topological polar surface area (TPSA) is 95.5 Å². The Kier molecular flexibility index (Phi) is 6.98. The van der Waals surface area contributed by atoms with Crippen LogP contribution in [0.25, 0.3) is 0 Å². The summed E-state index contributed by atoms with van der Waals surface area (Å²) in [4.78, 5) is 35.7. The summed E-state index contributed by atoms with van der Waals surface area (Å²) in [6.45, 7) is 0.376. The molecule has 1 saturated carbocycles. The minimum atomic E-state index is -1.12. The van der Waals surface area contributed by atoms with E-state index in [0.29, 0.717) is 31.4 Å². The van der Waals surface area contributed by atoms with Crippen LogP contribution in [0.15, 0.2) is 30.3 Å². The molecule has 25 heavy (non-hydrogen) atoms. The molecule has 0 heterocycles. The maximum atomic E-state index is 12.2. The Balaban J connectivity index is 1.76. The van der Waals surface area contributed by atoms with Crippen LogP contribution in [0.5, 0.6) is 0 Å². The van der Waals surface area contributed by atoms with Crippen molar-refractivity contribution in [3.63, 3.8) is 0 Å². The molecular weight excluding hydrogens is 320 g/mol. The van der Waals surface area contributed by atoms with Gasteiger partial charge < -0.3 is 15.7 Å². The molecule has 0 aliphatic heterocycles. The third-order valence-electron chi connectivity index (χ3n) is 4.65. The highest BCUT2D eigenvalue weighted by molar-refractivity contribution is 5.94. The third kappa shape index (κ3) is 5.59. The summed E-state index contributed by atoms with van der Waals surface area (Å²) in [6, 6.07) is 8.88. The van der Waals surface area contributed by atoms with Crippen molar-refractivity contribution in [2.24, 2.45) is 0 Å². The summed E-state index contributed by atoms with van der Waals surface area (Å²) in [7, 11) is 0. The Morgan fingerprint density at radius 1 is 1.00 bits per heavy atom. The fourth-order valence-electron chi connectivity index (χ4n) is 3.20. The van der Waals surface area contributed by atoms with Crippen LogP contribution in [0.1, 0.15) is 61.7 Å². The second-order valence-electron chi connectivity index (χ2n) is 6.58. The van der Waals surface area contributed by atoms with Gasteiger partial charge in [0.15, 0.2) is 0 Å². The highest BCUT2D eigenvalue weighted by Crippen LogP contribution is 2.27. The van der Waals surface area contributed by atoms with E-state index in [-0.39, 0.29) is 18.2 Å². The SMILES string of the molecule is O=C(CCCNC(=O)c1ccccc1)NC1(C(=O)O)CCCCCC1. The minimum Gasteiger partial charge on any atom is -0.480 e. The number of carboxylic acids is 1. The fraction of sp³-hybridized carbons (Fsp3) is 0.526. The molecule has 0 aromatic heterocycles. The smallest absolute Gasteiger partial charge is 0.329 e. The molecule has 0 saturated heterocycles. The van der Waals surface area contributed by atoms with E-state index in [2.05, 4.69) is 10.6 Å². The average molecular weight is 346 g/mol. The average Bonchev–Trinajstić information content (AvgIpc) is 2.86. The first-order valence-corrected chi connectivity index (χ1v) is 8.91. The maximum absolute atomic E-state index is 12.2. The molecule has 6 nitrogen and oxygen atoms in total. The first kappa shape index (κ1) is 19.0. The van der Waals surface area contributed by atoms with Crippen LogP contribution in [-0.4, -0.2) is 35.0 Å². The van der Waals surface area contributed by atoms with Gasteiger partial charge in [-0.2, -0.15) is 0 Å². The van der Waals surface area contributed by atoms with Gasteiger partial charge in [0, 0.05) is 18.5 Å². The van der Waals surface area contributed by atoms with Crippen molar-refractivity contribution >= 4 is 17.8 Å². The van der Waals surface area contributed by atoms with Gasteiger partial charge in [-0.25, -0.2) is 4.79 Å². The minimum absolute atomic E-state index is 0.174. The van der Waals surface area contributed by atoms with E-state index in [0.717, 1.165) is 25.7 Å². The monoisotopic (exact) mass is 346 g/mol. The summed E-state index contributed by atoms with van der Waals surface area (Å²) in [5.74, 6) is -1.38. The highest BCUT2D eigenvalue weighted by atomic mass is 16.4. The Morgan fingerprint density at radius 2 is 1.64 bits per heavy atom. The van der Waals surface area contributed by atoms with E-state index in [4.69, 9.17) is 0 Å². The lowest BCUT2D eigenvalue weighted by Crippen LogP contribution is -2.54. The van der Waals surface area contributed by atoms with Crippen molar-refractivity contribution in [3.05, 3.63) is 35.9 Å². The van der Waals surface area contributed by atoms with E-state index in [1.54, 1.807) is 24.3 Å². The molecule has 0 radical (unpaired) electrons. The fourth-order valence-corrected chi connectivity index (χ4v) is 3.20. The highest BCUT2D eigenvalue weighted by Gasteiger charge is 2.39. The number of hydrogen-bond donors (Lipinski definition) is 3. The maximum Gasteiger partial charge on any atom is 0.329 e. The molecule has 1 aromatic carbocycles. The lowest BCUT2D eigenvalue weighted by molar-refractivity contribution is -0.148. The molecule has 0 spiro atoms. The van der Waals surface area contributed by atoms with Gasteiger partial charge in [0.05, 0.1) is 0 Å². The predicted octanol–water partition coefficient (Wildman–Crippen LogP) is 2.49. The zero-order valence-electron chi connectivity index (χ0n) is 14.4. The van der Waals surface area contributed by atoms with Gasteiger partial charge in [-0.1, -0.05) is 43.9 Å². The number of carbonyl (C=O) groups is 3. The Morgan fingerprint density at radius 3 is 2.24 bits per heavy atom. The zero-order valence-corrected chi connectivity index (χ0v) is 14.4. The summed E-state index contributed by atoms with van der Waals surface area (Å²) in [6.07, 6.45) is 5.30. The van der Waals surface area contributed by atoms with E-state index >= 15 is 0 Å². The number of amides is 2. The van der Waals surface area contributed by atoms with E-state index < -0.39 is 11.5 Å². The molecule has 0 unspecified atom stereocenters. The number of benzene rings is 1. The van der Waals surface area contributed by atoms with Crippen molar-refractivity contribution in [1.82, 2.24) is 10.6 Å². The second-order valence-corrected chi connectivity index (χ2v) is 6.58. The molecule has 1 fully saturated rings. The predicted molar refractivity (Wildman–Crippen MR) is 94.2 cm³/mol. The van der Waals surface area contributed by atoms with E-state index in [1.165, 1.54) is 0 Å². The summed E-state index contributed by atoms with van der Waals surface area (Å²) in [5, 5.41) is 15.1. The molecule has 2 rings (SSSR count). The third-order valence-corrected chi connectivity index (χ3v) is 4.65. The number of aliphatic carboxylic acids is 1. The molecule has 6 heteroatoms. The Bertz CT molecular complexity index is 593. The Hall–Kier alpha value is -2.37. The summed E-state index contributed by atoms with van der Waals surface area (Å²) < 4.78 is 0. The van der Waals surface area contributed by atoms with Crippen LogP contribution in [0.2, 0.25) is 0 Å². The van der Waals surface area contributed by atoms with Crippen molar-refractivity contribution in [2.75, 3.05) is 6.54 Å². The van der Waals surface area contributed by atoms with Crippen LogP contribution in [-0.2, 0) is 9.59 Å². The van der Waals surface area contributed by atoms with Crippen molar-refractivity contribution in [2.45, 2.75) is 56.9 Å². The summed E-state index contributed by atoms with van der Waals surface area (Å²) in [5.41, 5.74) is -0.545. The number of rotatable bonds is 7. The molecule has 1 aliphatic rings. The van der Waals surface area contributed by atoms with Crippen LogP contribution in [0.3, 0.4) is 0 Å². The quantitative estimate of drug-likeness (QED) is 0.522. The molecule has 136 valence electrons. The van der Waals surface area contributed by atoms with Crippen LogP contribution in [0.4, 0.5) is 0 Å². The van der Waals surface area contributed by atoms with Crippen LogP contribution < -0.4 is 10.6 Å². The Labute approximate surface area is 148 Å². The molecular formula is C19H26N2O4. The normalized spacial score (nSPS) is 16.5. The molecule has 0 atom stereocenters. The van der Waals surface area contributed by atoms with Crippen LogP contribution >= 0.6 is 0 Å². The van der Waals surface area contributed by atoms with Gasteiger partial charge in [-0.05, 0) is 31.4 Å². The van der Waals surface area contributed by atoms with E-state index in [9.17, 15) is 19.5 Å². The lowest BCUT2D eigenvalue weighted by atomic mass is 9.90. The van der Waals surface area contributed by atoms with Gasteiger partial charge in [0.1, 0.15) is 5.54 Å². The van der Waals surface area contributed by atoms with Gasteiger partial charge in [-0.3, -0.25) is 9.59 Å². The van der Waals surface area contributed by atoms with Crippen molar-refractivity contribution in [3.8, 4) is 0 Å². The molecule has 0 bridgehead atoms. The van der Waals surface area contributed by atoms with Gasteiger partial charge in [0.25, 0.3) is 5.91 Å². The molecule has 1 aliphatic carbocycles. The largest absolute Gasteiger partial charge is 0.480 e. The number of carbonyl (C=O) groups excluding carboxylic acids is 2. The van der Waals surface area contributed by atoms with Crippen molar-refractivity contribution < 1.29 is 19.5 Å². The summed E-state index contributed by atoms with van der Waals surface area (Å²) >= 11 is 0. The van der Waals surface area contributed by atoms with Gasteiger partial charge in [0.2, 0.25) is 5.91 Å². The van der Waals surface area contributed by atoms with Crippen LogP contribution in [0, 0.1) is 0 Å². The number of nitrogens with one attached hydrogen (secondary N) is 2. The first-order valence-electron chi connectivity index (χ1n) is 8.91.